The zero-order valence-corrected chi connectivity index (χ0v) is 11.2. The first kappa shape index (κ1) is 11.4. The molecule has 0 saturated heterocycles. The van der Waals surface area contributed by atoms with Crippen LogP contribution in [0.4, 0.5) is 5.82 Å². The van der Waals surface area contributed by atoms with E-state index < -0.39 is 0 Å². The molecule has 2 rings (SSSR count). The van der Waals surface area contributed by atoms with Crippen LogP contribution < -0.4 is 5.73 Å². The lowest BCUT2D eigenvalue weighted by molar-refractivity contribution is 0.745. The summed E-state index contributed by atoms with van der Waals surface area (Å²) in [5.41, 5.74) is 7.80. The van der Waals surface area contributed by atoms with E-state index in [2.05, 4.69) is 39.8 Å². The van der Waals surface area contributed by atoms with E-state index in [1.165, 1.54) is 3.57 Å². The van der Waals surface area contributed by atoms with E-state index >= 15 is 0 Å². The van der Waals surface area contributed by atoms with Crippen LogP contribution in [0.5, 0.6) is 0 Å². The highest BCUT2D eigenvalue weighted by atomic mass is 127. The zero-order chi connectivity index (χ0) is 11.5. The first-order chi connectivity index (χ1) is 7.72. The largest absolute Gasteiger partial charge is 0.381 e. The molecule has 4 nitrogen and oxygen atoms in total. The van der Waals surface area contributed by atoms with Gasteiger partial charge >= 0.3 is 0 Å². The summed E-state index contributed by atoms with van der Waals surface area (Å²) in [6.07, 6.45) is 1.92. The summed E-state index contributed by atoms with van der Waals surface area (Å²) in [7, 11) is 0. The Morgan fingerprint density at radius 3 is 2.62 bits per heavy atom. The Labute approximate surface area is 108 Å². The van der Waals surface area contributed by atoms with E-state index in [-0.39, 0.29) is 0 Å². The molecule has 0 saturated carbocycles. The molecule has 0 radical (unpaired) electrons. The van der Waals surface area contributed by atoms with Crippen LogP contribution in [0.1, 0.15) is 19.0 Å². The molecular weight excluding hydrogens is 315 g/mol. The highest BCUT2D eigenvalue weighted by Crippen LogP contribution is 2.17. The molecule has 16 heavy (non-hydrogen) atoms. The van der Waals surface area contributed by atoms with E-state index in [1.54, 1.807) is 0 Å². The van der Waals surface area contributed by atoms with Crippen LogP contribution in [0, 0.1) is 3.57 Å². The summed E-state index contributed by atoms with van der Waals surface area (Å²) in [6.45, 7) is 2.12. The number of hydrogen-bond donors (Lipinski definition) is 1. The highest BCUT2D eigenvalue weighted by Gasteiger charge is 2.10. The highest BCUT2D eigenvalue weighted by molar-refractivity contribution is 14.1. The molecular formula is C11H13IN4. The van der Waals surface area contributed by atoms with Gasteiger partial charge < -0.3 is 5.73 Å². The maximum absolute atomic E-state index is 5.80. The maximum atomic E-state index is 5.80. The summed E-state index contributed by atoms with van der Waals surface area (Å²) in [5.74, 6) is 0.528. The van der Waals surface area contributed by atoms with Crippen molar-refractivity contribution in [1.82, 2.24) is 15.0 Å². The second kappa shape index (κ2) is 4.82. The minimum Gasteiger partial charge on any atom is -0.381 e. The number of anilines is 1. The summed E-state index contributed by atoms with van der Waals surface area (Å²) in [6, 6.07) is 8.14. The van der Waals surface area contributed by atoms with E-state index in [4.69, 9.17) is 5.73 Å². The molecule has 0 aliphatic carbocycles. The molecule has 2 aromatic rings. The van der Waals surface area contributed by atoms with Crippen molar-refractivity contribution in [3.63, 3.8) is 0 Å². The van der Waals surface area contributed by atoms with Crippen LogP contribution in [0.3, 0.4) is 0 Å². The molecule has 0 spiro atoms. The average molecular weight is 328 g/mol. The van der Waals surface area contributed by atoms with E-state index in [9.17, 15) is 0 Å². The molecule has 0 fully saturated rings. The summed E-state index contributed by atoms with van der Waals surface area (Å²) in [5, 5.41) is 8.00. The molecule has 0 bridgehead atoms. The smallest absolute Gasteiger partial charge is 0.169 e. The van der Waals surface area contributed by atoms with Gasteiger partial charge in [-0.25, -0.2) is 4.68 Å². The van der Waals surface area contributed by atoms with Crippen LogP contribution in [0.25, 0.3) is 5.69 Å². The average Bonchev–Trinajstić information content (AvgIpc) is 2.63. The molecule has 1 aromatic heterocycles. The van der Waals surface area contributed by atoms with Crippen LogP contribution in [0.15, 0.2) is 24.3 Å². The van der Waals surface area contributed by atoms with Gasteiger partial charge in [-0.2, -0.15) is 0 Å². The van der Waals surface area contributed by atoms with Gasteiger partial charge in [-0.1, -0.05) is 18.6 Å². The van der Waals surface area contributed by atoms with Crippen LogP contribution in [-0.2, 0) is 6.42 Å². The minimum atomic E-state index is 0.528. The molecule has 0 aliphatic rings. The lowest BCUT2D eigenvalue weighted by Crippen LogP contribution is -2.03. The third-order valence-corrected chi connectivity index (χ3v) is 3.07. The van der Waals surface area contributed by atoms with Gasteiger partial charge in [-0.15, -0.1) is 5.10 Å². The van der Waals surface area contributed by atoms with Crippen molar-refractivity contribution in [3.8, 4) is 5.69 Å². The molecule has 0 unspecified atom stereocenters. The summed E-state index contributed by atoms with van der Waals surface area (Å²) < 4.78 is 3.01. The van der Waals surface area contributed by atoms with Gasteiger partial charge in [-0.3, -0.25) is 0 Å². The van der Waals surface area contributed by atoms with E-state index in [1.807, 2.05) is 28.9 Å². The normalized spacial score (nSPS) is 10.6. The lowest BCUT2D eigenvalue weighted by atomic mass is 10.2. The Kier molecular flexibility index (Phi) is 3.42. The quantitative estimate of drug-likeness (QED) is 0.881. The van der Waals surface area contributed by atoms with Crippen molar-refractivity contribution in [1.29, 1.82) is 0 Å². The number of nitrogens with zero attached hydrogens (tertiary/aromatic N) is 3. The van der Waals surface area contributed by atoms with Crippen LogP contribution in [-0.4, -0.2) is 15.0 Å². The number of hydrogen-bond acceptors (Lipinski definition) is 3. The number of halogens is 1. The van der Waals surface area contributed by atoms with Crippen molar-refractivity contribution in [2.45, 2.75) is 19.8 Å². The number of aromatic nitrogens is 3. The van der Waals surface area contributed by atoms with E-state index in [0.29, 0.717) is 5.82 Å². The fourth-order valence-corrected chi connectivity index (χ4v) is 1.93. The molecule has 1 aromatic carbocycles. The van der Waals surface area contributed by atoms with Crippen LogP contribution >= 0.6 is 22.6 Å². The van der Waals surface area contributed by atoms with Crippen molar-refractivity contribution < 1.29 is 0 Å². The van der Waals surface area contributed by atoms with Crippen LogP contribution in [0.2, 0.25) is 0 Å². The topological polar surface area (TPSA) is 56.7 Å². The van der Waals surface area contributed by atoms with Gasteiger partial charge in [-0.05, 0) is 53.3 Å². The standard InChI is InChI=1S/C11H13IN4/c1-2-3-10-11(13)14-15-16(10)9-6-4-8(12)5-7-9/h4-7H,2-3,13H2,1H3. The van der Waals surface area contributed by atoms with Crippen molar-refractivity contribution in [2.75, 3.05) is 5.73 Å². The fourth-order valence-electron chi connectivity index (χ4n) is 1.57. The minimum absolute atomic E-state index is 0.528. The van der Waals surface area contributed by atoms with Gasteiger partial charge in [0, 0.05) is 3.57 Å². The van der Waals surface area contributed by atoms with Crippen molar-refractivity contribution in [3.05, 3.63) is 33.5 Å². The molecule has 0 atom stereocenters. The number of nitrogens with two attached hydrogens (primary N) is 1. The number of nitrogen functional groups attached to an aromatic ring is 1. The summed E-state index contributed by atoms with van der Waals surface area (Å²) in [4.78, 5) is 0. The second-order valence-electron chi connectivity index (χ2n) is 3.56. The van der Waals surface area contributed by atoms with Gasteiger partial charge in [0.2, 0.25) is 0 Å². The third kappa shape index (κ3) is 2.18. The van der Waals surface area contributed by atoms with Gasteiger partial charge in [0.05, 0.1) is 11.4 Å². The predicted octanol–water partition coefficient (Wildman–Crippen LogP) is 2.41. The Morgan fingerprint density at radius 2 is 2.00 bits per heavy atom. The third-order valence-electron chi connectivity index (χ3n) is 2.35. The van der Waals surface area contributed by atoms with Gasteiger partial charge in [0.25, 0.3) is 0 Å². The monoisotopic (exact) mass is 328 g/mol. The van der Waals surface area contributed by atoms with Gasteiger partial charge in [0.15, 0.2) is 5.82 Å². The molecule has 0 amide bonds. The van der Waals surface area contributed by atoms with Gasteiger partial charge in [0.1, 0.15) is 0 Å². The maximum Gasteiger partial charge on any atom is 0.169 e. The first-order valence-electron chi connectivity index (χ1n) is 5.18. The molecule has 2 N–H and O–H groups in total. The molecule has 5 heteroatoms. The number of rotatable bonds is 3. The predicted molar refractivity (Wildman–Crippen MR) is 72.5 cm³/mol. The Hall–Kier alpha value is -1.11. The molecule has 1 heterocycles. The second-order valence-corrected chi connectivity index (χ2v) is 4.81. The SMILES string of the molecule is CCCc1c(N)nnn1-c1ccc(I)cc1. The molecule has 84 valence electrons. The van der Waals surface area contributed by atoms with E-state index in [0.717, 1.165) is 24.2 Å². The fraction of sp³-hybridized carbons (Fsp3) is 0.273. The Balaban J connectivity index is 2.43. The number of benzene rings is 1. The first-order valence-corrected chi connectivity index (χ1v) is 6.26. The Morgan fingerprint density at radius 1 is 1.31 bits per heavy atom. The van der Waals surface area contributed by atoms with Crippen molar-refractivity contribution >= 4 is 28.4 Å². The molecule has 0 aliphatic heterocycles. The zero-order valence-electron chi connectivity index (χ0n) is 9.02. The van der Waals surface area contributed by atoms with Crippen molar-refractivity contribution in [2.24, 2.45) is 0 Å². The lowest BCUT2D eigenvalue weighted by Gasteiger charge is -2.05. The summed E-state index contributed by atoms with van der Waals surface area (Å²) >= 11 is 2.28. The Bertz CT molecular complexity index is 475.